The van der Waals surface area contributed by atoms with Gasteiger partial charge in [0.05, 0.1) is 0 Å². The van der Waals surface area contributed by atoms with Crippen molar-refractivity contribution in [3.8, 4) is 0 Å². The van der Waals surface area contributed by atoms with E-state index < -0.39 is 5.97 Å². The predicted octanol–water partition coefficient (Wildman–Crippen LogP) is 1.46. The Kier molecular flexibility index (Phi) is 2.75. The zero-order valence-electron chi connectivity index (χ0n) is 8.24. The SMILES string of the molecule is NC1CCCC12CC(CC(=O)O)CS2. The summed E-state index contributed by atoms with van der Waals surface area (Å²) in [5.41, 5.74) is 6.10. The highest BCUT2D eigenvalue weighted by Crippen LogP contribution is 2.51. The van der Waals surface area contributed by atoms with Gasteiger partial charge in [0.25, 0.3) is 0 Å². The molecule has 0 aromatic rings. The van der Waals surface area contributed by atoms with Crippen LogP contribution in [0.4, 0.5) is 0 Å². The number of carboxylic acid groups (broad SMARTS) is 1. The van der Waals surface area contributed by atoms with Crippen molar-refractivity contribution in [3.05, 3.63) is 0 Å². The van der Waals surface area contributed by atoms with E-state index >= 15 is 0 Å². The highest BCUT2D eigenvalue weighted by Gasteiger charge is 2.47. The third kappa shape index (κ3) is 1.77. The van der Waals surface area contributed by atoms with Crippen molar-refractivity contribution >= 4 is 17.7 Å². The number of hydrogen-bond donors (Lipinski definition) is 2. The molecular formula is C10H17NO2S. The fourth-order valence-corrected chi connectivity index (χ4v) is 4.55. The zero-order chi connectivity index (χ0) is 10.2. The van der Waals surface area contributed by atoms with Gasteiger partial charge in [-0.15, -0.1) is 0 Å². The maximum Gasteiger partial charge on any atom is 0.303 e. The monoisotopic (exact) mass is 215 g/mol. The molecular weight excluding hydrogens is 198 g/mol. The van der Waals surface area contributed by atoms with Gasteiger partial charge in [-0.2, -0.15) is 11.8 Å². The van der Waals surface area contributed by atoms with Crippen molar-refractivity contribution in [3.63, 3.8) is 0 Å². The van der Waals surface area contributed by atoms with E-state index in [9.17, 15) is 4.79 Å². The zero-order valence-corrected chi connectivity index (χ0v) is 9.05. The number of carboxylic acids is 1. The molecule has 0 bridgehead atoms. The van der Waals surface area contributed by atoms with Crippen LogP contribution < -0.4 is 5.73 Å². The molecule has 14 heavy (non-hydrogen) atoms. The molecule has 1 aliphatic carbocycles. The summed E-state index contributed by atoms with van der Waals surface area (Å²) in [4.78, 5) is 10.6. The fraction of sp³-hybridized carbons (Fsp3) is 0.900. The Morgan fingerprint density at radius 2 is 2.43 bits per heavy atom. The highest BCUT2D eigenvalue weighted by atomic mass is 32.2. The van der Waals surface area contributed by atoms with Gasteiger partial charge in [0.15, 0.2) is 0 Å². The lowest BCUT2D eigenvalue weighted by atomic mass is 9.90. The highest BCUT2D eigenvalue weighted by molar-refractivity contribution is 8.01. The lowest BCUT2D eigenvalue weighted by molar-refractivity contribution is -0.137. The van der Waals surface area contributed by atoms with Crippen LogP contribution in [0.1, 0.15) is 32.1 Å². The lowest BCUT2D eigenvalue weighted by Gasteiger charge is -2.27. The Labute approximate surface area is 88.4 Å². The maximum atomic E-state index is 10.6. The Balaban J connectivity index is 1.96. The number of carbonyl (C=O) groups is 1. The third-order valence-corrected chi connectivity index (χ3v) is 5.38. The number of rotatable bonds is 2. The number of thioether (sulfide) groups is 1. The minimum atomic E-state index is -0.667. The summed E-state index contributed by atoms with van der Waals surface area (Å²) < 4.78 is 0.236. The average molecular weight is 215 g/mol. The Hall–Kier alpha value is -0.220. The standard InChI is InChI=1S/C10H17NO2S/c11-8-2-1-3-10(8)5-7(6-14-10)4-9(12)13/h7-8H,1-6,11H2,(H,12,13). The average Bonchev–Trinajstić information content (AvgIpc) is 2.62. The molecule has 0 radical (unpaired) electrons. The van der Waals surface area contributed by atoms with Crippen LogP contribution in [0.2, 0.25) is 0 Å². The summed E-state index contributed by atoms with van der Waals surface area (Å²) >= 11 is 1.92. The quantitative estimate of drug-likeness (QED) is 0.732. The predicted molar refractivity (Wildman–Crippen MR) is 57.4 cm³/mol. The van der Waals surface area contributed by atoms with Crippen molar-refractivity contribution in [1.29, 1.82) is 0 Å². The molecule has 0 amide bonds. The van der Waals surface area contributed by atoms with E-state index in [1.165, 1.54) is 12.8 Å². The molecule has 1 aliphatic heterocycles. The first kappa shape index (κ1) is 10.3. The minimum Gasteiger partial charge on any atom is -0.481 e. The first-order valence-corrected chi connectivity index (χ1v) is 6.22. The molecule has 3 N–H and O–H groups in total. The maximum absolute atomic E-state index is 10.6. The van der Waals surface area contributed by atoms with Crippen LogP contribution in [0.15, 0.2) is 0 Å². The van der Waals surface area contributed by atoms with Crippen LogP contribution in [-0.2, 0) is 4.79 Å². The van der Waals surface area contributed by atoms with Gasteiger partial charge in [-0.05, 0) is 30.9 Å². The fourth-order valence-electron chi connectivity index (χ4n) is 2.77. The Morgan fingerprint density at radius 3 is 3.00 bits per heavy atom. The van der Waals surface area contributed by atoms with Crippen molar-refractivity contribution in [1.82, 2.24) is 0 Å². The van der Waals surface area contributed by atoms with Gasteiger partial charge in [0, 0.05) is 17.2 Å². The summed E-state index contributed by atoms with van der Waals surface area (Å²) in [6.45, 7) is 0. The molecule has 1 spiro atoms. The minimum absolute atomic E-state index is 0.236. The molecule has 0 aromatic heterocycles. The molecule has 3 atom stereocenters. The topological polar surface area (TPSA) is 63.3 Å². The van der Waals surface area contributed by atoms with Crippen LogP contribution in [0, 0.1) is 5.92 Å². The van der Waals surface area contributed by atoms with Gasteiger partial charge in [0.1, 0.15) is 0 Å². The van der Waals surface area contributed by atoms with Crippen LogP contribution >= 0.6 is 11.8 Å². The normalized spacial score (nSPS) is 42.1. The van der Waals surface area contributed by atoms with E-state index in [1.807, 2.05) is 11.8 Å². The summed E-state index contributed by atoms with van der Waals surface area (Å²) in [6.07, 6.45) is 4.86. The van der Waals surface area contributed by atoms with E-state index in [4.69, 9.17) is 10.8 Å². The van der Waals surface area contributed by atoms with E-state index in [0.717, 1.165) is 18.6 Å². The van der Waals surface area contributed by atoms with E-state index in [0.29, 0.717) is 18.4 Å². The molecule has 3 unspecified atom stereocenters. The molecule has 2 fully saturated rings. The van der Waals surface area contributed by atoms with Gasteiger partial charge >= 0.3 is 5.97 Å². The van der Waals surface area contributed by atoms with Crippen molar-refractivity contribution in [2.24, 2.45) is 11.7 Å². The lowest BCUT2D eigenvalue weighted by Crippen LogP contribution is -2.38. The van der Waals surface area contributed by atoms with Gasteiger partial charge in [-0.1, -0.05) is 6.42 Å². The van der Waals surface area contributed by atoms with Crippen LogP contribution in [0.25, 0.3) is 0 Å². The second-order valence-corrected chi connectivity index (χ2v) is 5.98. The summed E-state index contributed by atoms with van der Waals surface area (Å²) in [7, 11) is 0. The van der Waals surface area contributed by atoms with E-state index in [-0.39, 0.29) is 4.75 Å². The second-order valence-electron chi connectivity index (χ2n) is 4.54. The van der Waals surface area contributed by atoms with Crippen molar-refractivity contribution in [2.45, 2.75) is 42.9 Å². The molecule has 80 valence electrons. The second kappa shape index (κ2) is 3.74. The number of aliphatic carboxylic acids is 1. The van der Waals surface area contributed by atoms with Gasteiger partial charge in [0.2, 0.25) is 0 Å². The van der Waals surface area contributed by atoms with Crippen molar-refractivity contribution < 1.29 is 9.90 Å². The Morgan fingerprint density at radius 1 is 1.64 bits per heavy atom. The van der Waals surface area contributed by atoms with E-state index in [1.54, 1.807) is 0 Å². The van der Waals surface area contributed by atoms with Gasteiger partial charge in [-0.3, -0.25) is 4.79 Å². The first-order valence-electron chi connectivity index (χ1n) is 5.24. The molecule has 2 rings (SSSR count). The smallest absolute Gasteiger partial charge is 0.303 e. The van der Waals surface area contributed by atoms with Crippen molar-refractivity contribution in [2.75, 3.05) is 5.75 Å². The van der Waals surface area contributed by atoms with Gasteiger partial charge < -0.3 is 10.8 Å². The van der Waals surface area contributed by atoms with Crippen LogP contribution in [-0.4, -0.2) is 27.6 Å². The first-order chi connectivity index (χ1) is 6.62. The molecule has 1 saturated carbocycles. The van der Waals surface area contributed by atoms with Crippen LogP contribution in [0.3, 0.4) is 0 Å². The molecule has 4 heteroatoms. The Bertz CT molecular complexity index is 246. The largest absolute Gasteiger partial charge is 0.481 e. The van der Waals surface area contributed by atoms with Crippen LogP contribution in [0.5, 0.6) is 0 Å². The molecule has 0 aromatic carbocycles. The molecule has 3 nitrogen and oxygen atoms in total. The molecule has 2 aliphatic rings. The molecule has 1 saturated heterocycles. The summed E-state index contributed by atoms with van der Waals surface area (Å²) in [5.74, 6) is 0.667. The van der Waals surface area contributed by atoms with Gasteiger partial charge in [-0.25, -0.2) is 0 Å². The van der Waals surface area contributed by atoms with E-state index in [2.05, 4.69) is 0 Å². The summed E-state index contributed by atoms with van der Waals surface area (Å²) in [6, 6.07) is 0.297. The number of hydrogen-bond acceptors (Lipinski definition) is 3. The summed E-state index contributed by atoms with van der Waals surface area (Å²) in [5, 5.41) is 8.73. The molecule has 1 heterocycles. The third-order valence-electron chi connectivity index (χ3n) is 3.49. The number of nitrogens with two attached hydrogens (primary N) is 1.